The normalized spacial score (nSPS) is 11.3. The van der Waals surface area contributed by atoms with Crippen molar-refractivity contribution in [1.29, 1.82) is 0 Å². The van der Waals surface area contributed by atoms with Gasteiger partial charge < -0.3 is 20.3 Å². The molecule has 1 aromatic heterocycles. The van der Waals surface area contributed by atoms with Gasteiger partial charge in [-0.2, -0.15) is 0 Å². The van der Waals surface area contributed by atoms with Crippen molar-refractivity contribution in [3.05, 3.63) is 70.5 Å². The van der Waals surface area contributed by atoms with Gasteiger partial charge in [-0.3, -0.25) is 4.79 Å². The second-order valence-corrected chi connectivity index (χ2v) is 10.1. The fraction of sp³-hybridized carbons (Fsp3) is 0.345. The fourth-order valence-corrected chi connectivity index (χ4v) is 4.14. The van der Waals surface area contributed by atoms with Crippen LogP contribution in [0.2, 0.25) is 5.02 Å². The smallest absolute Gasteiger partial charge is 0.251 e. The van der Waals surface area contributed by atoms with Gasteiger partial charge >= 0.3 is 0 Å². The Bertz CT molecular complexity index is 1200. The monoisotopic (exact) mass is 521 g/mol. The molecule has 0 aliphatic heterocycles. The lowest BCUT2D eigenvalue weighted by Crippen LogP contribution is -2.31. The zero-order valence-electron chi connectivity index (χ0n) is 22.4. The Morgan fingerprint density at radius 1 is 1.03 bits per heavy atom. The largest absolute Gasteiger partial charge is 0.495 e. The van der Waals surface area contributed by atoms with Crippen molar-refractivity contribution in [1.82, 2.24) is 15.3 Å². The van der Waals surface area contributed by atoms with Crippen molar-refractivity contribution in [2.24, 2.45) is 11.8 Å². The first kappa shape index (κ1) is 28.0. The molecule has 0 saturated heterocycles. The first-order valence-corrected chi connectivity index (χ1v) is 12.8. The van der Waals surface area contributed by atoms with Crippen LogP contribution in [0.15, 0.2) is 48.8 Å². The minimum absolute atomic E-state index is 0.219. The molecular formula is C29H36ClN5O2. The number of ether oxygens (including phenoxy) is 1. The summed E-state index contributed by atoms with van der Waals surface area (Å²) in [5.74, 6) is 1.91. The molecule has 1 heterocycles. The Morgan fingerprint density at radius 3 is 2.19 bits per heavy atom. The molecule has 2 aromatic carbocycles. The number of benzene rings is 2. The summed E-state index contributed by atoms with van der Waals surface area (Å²) in [6.45, 7) is 11.0. The SMILES string of the molecule is CNC(=O)c1cc(C=Cc2cnc(Nc3ccc(N(CC(C)C)CC(C)C)cc3)nc2)c(Cl)c(OC)c1. The zero-order valence-corrected chi connectivity index (χ0v) is 23.1. The summed E-state index contributed by atoms with van der Waals surface area (Å²) in [5.41, 5.74) is 4.04. The predicted molar refractivity (Wildman–Crippen MR) is 154 cm³/mol. The molecule has 7 nitrogen and oxygen atoms in total. The molecule has 1 amide bonds. The van der Waals surface area contributed by atoms with Gasteiger partial charge in [-0.15, -0.1) is 0 Å². The minimum atomic E-state index is -0.219. The van der Waals surface area contributed by atoms with Gasteiger partial charge in [0.15, 0.2) is 0 Å². The van der Waals surface area contributed by atoms with Crippen LogP contribution < -0.4 is 20.3 Å². The molecule has 3 rings (SSSR count). The Hall–Kier alpha value is -3.58. The number of nitrogens with one attached hydrogen (secondary N) is 2. The van der Waals surface area contributed by atoms with Gasteiger partial charge in [0, 0.05) is 55.0 Å². The number of halogens is 1. The van der Waals surface area contributed by atoms with Crippen molar-refractivity contribution < 1.29 is 9.53 Å². The number of anilines is 3. The van der Waals surface area contributed by atoms with Crippen molar-refractivity contribution in [2.75, 3.05) is 37.5 Å². The van der Waals surface area contributed by atoms with Crippen molar-refractivity contribution in [3.63, 3.8) is 0 Å². The van der Waals surface area contributed by atoms with Gasteiger partial charge in [0.2, 0.25) is 5.95 Å². The summed E-state index contributed by atoms with van der Waals surface area (Å²) in [7, 11) is 3.09. The van der Waals surface area contributed by atoms with Crippen LogP contribution in [-0.2, 0) is 0 Å². The van der Waals surface area contributed by atoms with Crippen LogP contribution in [0.1, 0.15) is 49.2 Å². The van der Waals surface area contributed by atoms with E-state index in [1.807, 2.05) is 12.2 Å². The Morgan fingerprint density at radius 2 is 1.65 bits per heavy atom. The van der Waals surface area contributed by atoms with E-state index in [0.29, 0.717) is 39.7 Å². The lowest BCUT2D eigenvalue weighted by molar-refractivity contribution is 0.0962. The number of hydrogen-bond acceptors (Lipinski definition) is 6. The maximum Gasteiger partial charge on any atom is 0.251 e. The maximum atomic E-state index is 12.1. The third-order valence-corrected chi connectivity index (χ3v) is 5.97. The lowest BCUT2D eigenvalue weighted by atomic mass is 10.1. The van der Waals surface area contributed by atoms with Crippen LogP contribution in [0.25, 0.3) is 12.2 Å². The van der Waals surface area contributed by atoms with Gasteiger partial charge in [0.1, 0.15) is 5.75 Å². The van der Waals surface area contributed by atoms with Crippen LogP contribution in [0, 0.1) is 11.8 Å². The number of hydrogen-bond donors (Lipinski definition) is 2. The molecule has 0 fully saturated rings. The zero-order chi connectivity index (χ0) is 26.9. The maximum absolute atomic E-state index is 12.1. The van der Waals surface area contributed by atoms with E-state index in [0.717, 1.165) is 24.3 Å². The van der Waals surface area contributed by atoms with Crippen LogP contribution in [-0.4, -0.2) is 43.1 Å². The number of amides is 1. The number of methoxy groups -OCH3 is 1. The summed E-state index contributed by atoms with van der Waals surface area (Å²) < 4.78 is 5.32. The van der Waals surface area contributed by atoms with Crippen molar-refractivity contribution in [3.8, 4) is 5.75 Å². The predicted octanol–water partition coefficient (Wildman–Crippen LogP) is 6.53. The number of nitrogens with zero attached hydrogens (tertiary/aromatic N) is 3. The van der Waals surface area contributed by atoms with Gasteiger partial charge in [-0.1, -0.05) is 51.4 Å². The number of carbonyl (C=O) groups is 1. The van der Waals surface area contributed by atoms with Gasteiger partial charge in [-0.05, 0) is 53.8 Å². The second-order valence-electron chi connectivity index (χ2n) is 9.70. The molecule has 0 aliphatic rings. The van der Waals surface area contributed by atoms with Gasteiger partial charge in [0.05, 0.1) is 12.1 Å². The average molecular weight is 522 g/mol. The van der Waals surface area contributed by atoms with Crippen LogP contribution in [0.3, 0.4) is 0 Å². The molecule has 37 heavy (non-hydrogen) atoms. The Balaban J connectivity index is 1.70. The van der Waals surface area contributed by atoms with Crippen LogP contribution in [0.4, 0.5) is 17.3 Å². The molecule has 0 spiro atoms. The molecule has 0 unspecified atom stereocenters. The fourth-order valence-electron chi connectivity index (χ4n) is 3.89. The summed E-state index contributed by atoms with van der Waals surface area (Å²) in [5, 5.41) is 6.29. The second kappa shape index (κ2) is 13.1. The van der Waals surface area contributed by atoms with E-state index in [9.17, 15) is 4.79 Å². The standard InChI is InChI=1S/C29H36ClN5O2/c1-19(2)17-35(18-20(3)4)25-11-9-24(10-12-25)34-29-32-15-21(16-33-29)7-8-22-13-23(28(36)31-5)14-26(37-6)27(22)30/h7-16,19-20H,17-18H2,1-6H3,(H,31,36)(H,32,33,34). The third-order valence-electron chi connectivity index (χ3n) is 5.56. The highest BCUT2D eigenvalue weighted by molar-refractivity contribution is 6.33. The molecular weight excluding hydrogens is 486 g/mol. The highest BCUT2D eigenvalue weighted by Crippen LogP contribution is 2.31. The van der Waals surface area contributed by atoms with Crippen molar-refractivity contribution >= 4 is 47.0 Å². The summed E-state index contributed by atoms with van der Waals surface area (Å²) in [4.78, 5) is 23.4. The molecule has 0 saturated carbocycles. The molecule has 196 valence electrons. The number of carbonyl (C=O) groups excluding carboxylic acids is 1. The van der Waals surface area contributed by atoms with E-state index < -0.39 is 0 Å². The quantitative estimate of drug-likeness (QED) is 0.298. The summed E-state index contributed by atoms with van der Waals surface area (Å²) >= 11 is 6.44. The minimum Gasteiger partial charge on any atom is -0.495 e. The molecule has 3 aromatic rings. The molecule has 0 aliphatic carbocycles. The molecule has 8 heteroatoms. The molecule has 0 radical (unpaired) electrons. The Labute approximate surface area is 224 Å². The van der Waals surface area contributed by atoms with E-state index in [1.165, 1.54) is 12.8 Å². The van der Waals surface area contributed by atoms with E-state index in [-0.39, 0.29) is 5.91 Å². The van der Waals surface area contributed by atoms with Crippen LogP contribution in [0.5, 0.6) is 5.75 Å². The van der Waals surface area contributed by atoms with E-state index in [2.05, 4.69) is 77.5 Å². The van der Waals surface area contributed by atoms with Crippen molar-refractivity contribution in [2.45, 2.75) is 27.7 Å². The van der Waals surface area contributed by atoms with Crippen LogP contribution >= 0.6 is 11.6 Å². The van der Waals surface area contributed by atoms with Gasteiger partial charge in [-0.25, -0.2) is 9.97 Å². The first-order chi connectivity index (χ1) is 17.7. The number of rotatable bonds is 11. The highest BCUT2D eigenvalue weighted by Gasteiger charge is 2.13. The molecule has 0 bridgehead atoms. The lowest BCUT2D eigenvalue weighted by Gasteiger charge is -2.28. The van der Waals surface area contributed by atoms with Gasteiger partial charge in [0.25, 0.3) is 5.91 Å². The molecule has 2 N–H and O–H groups in total. The van der Waals surface area contributed by atoms with E-state index in [4.69, 9.17) is 16.3 Å². The first-order valence-electron chi connectivity index (χ1n) is 12.4. The topological polar surface area (TPSA) is 79.4 Å². The number of aromatic nitrogens is 2. The summed E-state index contributed by atoms with van der Waals surface area (Å²) in [6.07, 6.45) is 7.09. The highest BCUT2D eigenvalue weighted by atomic mass is 35.5. The average Bonchev–Trinajstić information content (AvgIpc) is 2.88. The summed E-state index contributed by atoms with van der Waals surface area (Å²) in [6, 6.07) is 11.7. The Kier molecular flexibility index (Phi) is 9.92. The molecule has 0 atom stereocenters. The third kappa shape index (κ3) is 7.95. The van der Waals surface area contributed by atoms with E-state index in [1.54, 1.807) is 31.6 Å². The van der Waals surface area contributed by atoms with E-state index >= 15 is 0 Å².